The summed E-state index contributed by atoms with van der Waals surface area (Å²) < 4.78 is 6.74. The Morgan fingerprint density at radius 1 is 0.889 bits per heavy atom. The van der Waals surface area contributed by atoms with Gasteiger partial charge in [0.15, 0.2) is 8.32 Å². The van der Waals surface area contributed by atoms with Crippen LogP contribution in [0.25, 0.3) is 0 Å². The summed E-state index contributed by atoms with van der Waals surface area (Å²) in [5.74, 6) is 0.409. The monoisotopic (exact) mass is 462 g/mol. The van der Waals surface area contributed by atoms with Crippen molar-refractivity contribution in [2.24, 2.45) is 0 Å². The largest absolute Gasteiger partial charge is 0.507 e. The predicted molar refractivity (Wildman–Crippen MR) is 135 cm³/mol. The Bertz CT molecular complexity index is 681. The number of benzene rings is 1. The number of hydrogen-bond donors (Lipinski definition) is 1. The van der Waals surface area contributed by atoms with Gasteiger partial charge in [0.05, 0.1) is 0 Å². The van der Waals surface area contributed by atoms with E-state index in [9.17, 15) is 5.11 Å². The number of aromatic hydroxyl groups is 1. The van der Waals surface area contributed by atoms with Crippen LogP contribution in [0.1, 0.15) is 52.7 Å². The van der Waals surface area contributed by atoms with E-state index < -0.39 is 21.0 Å². The summed E-state index contributed by atoms with van der Waals surface area (Å²) in [7, 11) is -1.43. The first kappa shape index (κ1) is 25.5. The molecule has 0 saturated heterocycles. The Morgan fingerprint density at radius 2 is 1.26 bits per heavy atom. The molecule has 0 fully saturated rings. The maximum atomic E-state index is 11.1. The highest BCUT2D eigenvalue weighted by Crippen LogP contribution is 2.64. The fourth-order valence-corrected chi connectivity index (χ4v) is 29.6. The second-order valence-electron chi connectivity index (χ2n) is 11.3. The molecule has 0 radical (unpaired) electrons. The third kappa shape index (κ3) is 7.31. The van der Waals surface area contributed by atoms with Gasteiger partial charge in [0.1, 0.15) is 18.4 Å². The van der Waals surface area contributed by atoms with E-state index in [0.717, 1.165) is 16.4 Å². The number of phenols is 1. The van der Waals surface area contributed by atoms with E-state index in [4.69, 9.17) is 16.0 Å². The molecule has 2 nitrogen and oxygen atoms in total. The summed E-state index contributed by atoms with van der Waals surface area (Å²) in [6.07, 6.45) is 0. The molecule has 156 valence electrons. The van der Waals surface area contributed by atoms with Crippen molar-refractivity contribution in [3.8, 4) is 5.75 Å². The van der Waals surface area contributed by atoms with Gasteiger partial charge in [-0.1, -0.05) is 73.0 Å². The van der Waals surface area contributed by atoms with E-state index in [0.29, 0.717) is 5.75 Å². The summed E-state index contributed by atoms with van der Waals surface area (Å²) >= 11 is 6.31. The molecule has 0 aliphatic carbocycles. The summed E-state index contributed by atoms with van der Waals surface area (Å²) in [6, 6.07) is 4.28. The lowest BCUT2D eigenvalue weighted by Gasteiger charge is -2.36. The van der Waals surface area contributed by atoms with Crippen LogP contribution in [0.4, 0.5) is 0 Å². The maximum Gasteiger partial charge on any atom is 0.190 e. The van der Waals surface area contributed by atoms with Crippen LogP contribution in [0.5, 0.6) is 5.75 Å². The Balaban J connectivity index is 3.84. The molecule has 1 N–H and O–H groups in total. The zero-order valence-corrected chi connectivity index (χ0v) is 23.8. The smallest absolute Gasteiger partial charge is 0.190 e. The molecule has 0 bridgehead atoms. The van der Waals surface area contributed by atoms with Gasteiger partial charge in [-0.2, -0.15) is 0 Å². The van der Waals surface area contributed by atoms with Crippen molar-refractivity contribution in [1.29, 1.82) is 0 Å². The van der Waals surface area contributed by atoms with Gasteiger partial charge in [-0.05, 0) is 42.6 Å². The minimum absolute atomic E-state index is 0.163. The molecule has 1 aromatic rings. The highest BCUT2D eigenvalue weighted by molar-refractivity contribution is 8.82. The molecule has 1 atom stereocenters. The Hall–Kier alpha value is 0.414. The molecule has 27 heavy (non-hydrogen) atoms. The van der Waals surface area contributed by atoms with E-state index in [2.05, 4.69) is 93.0 Å². The second kappa shape index (κ2) is 7.92. The van der Waals surface area contributed by atoms with Gasteiger partial charge in [0, 0.05) is 16.4 Å². The summed E-state index contributed by atoms with van der Waals surface area (Å²) in [5.41, 5.74) is -0.658. The highest BCUT2D eigenvalue weighted by atomic mass is 33.0. The van der Waals surface area contributed by atoms with Crippen molar-refractivity contribution in [3.63, 3.8) is 0 Å². The molecule has 7 heteroatoms. The first-order chi connectivity index (χ1) is 11.7. The normalized spacial score (nSPS) is 16.3. The van der Waals surface area contributed by atoms with E-state index in [1.165, 1.54) is 0 Å². The van der Waals surface area contributed by atoms with E-state index in [1.54, 1.807) is 0 Å². The quantitative estimate of drug-likeness (QED) is 0.366. The van der Waals surface area contributed by atoms with Crippen molar-refractivity contribution < 1.29 is 9.32 Å². The van der Waals surface area contributed by atoms with Crippen molar-refractivity contribution >= 4 is 48.9 Å². The molecule has 0 heterocycles. The van der Waals surface area contributed by atoms with Crippen LogP contribution in [-0.2, 0) is 26.8 Å². The standard InChI is InChI=1S/C20H39O2PS2Si2/c1-19(2,3)16-13-15(14-17(18(16)21)20(4,5)6)23(24,22-26(7,8)9)25-27(10,11)12/h13-14,21H,1-12H3. The molecule has 0 spiro atoms. The Kier molecular flexibility index (Phi) is 7.46. The van der Waals surface area contributed by atoms with Crippen LogP contribution in [0.3, 0.4) is 0 Å². The molecule has 1 aromatic carbocycles. The van der Waals surface area contributed by atoms with Crippen molar-refractivity contribution in [3.05, 3.63) is 23.3 Å². The van der Waals surface area contributed by atoms with Crippen molar-refractivity contribution in [2.75, 3.05) is 0 Å². The van der Waals surface area contributed by atoms with Gasteiger partial charge < -0.3 is 9.32 Å². The Morgan fingerprint density at radius 3 is 1.52 bits per heavy atom. The van der Waals surface area contributed by atoms with Gasteiger partial charge >= 0.3 is 0 Å². The fraction of sp³-hybridized carbons (Fsp3) is 0.700. The number of phenolic OH excluding ortho intramolecular Hbond substituents is 1. The lowest BCUT2D eigenvalue weighted by atomic mass is 9.79. The minimum Gasteiger partial charge on any atom is -0.507 e. The molecule has 0 aliphatic heterocycles. The highest BCUT2D eigenvalue weighted by Gasteiger charge is 2.36. The number of rotatable bonds is 5. The van der Waals surface area contributed by atoms with Gasteiger partial charge in [0.2, 0.25) is 0 Å². The van der Waals surface area contributed by atoms with Crippen LogP contribution >= 0.6 is 16.3 Å². The van der Waals surface area contributed by atoms with Gasteiger partial charge in [-0.15, -0.1) is 10.8 Å². The molecular formula is C20H39O2PS2Si2. The summed E-state index contributed by atoms with van der Waals surface area (Å²) in [4.78, 5) is 0. The molecule has 0 amide bonds. The summed E-state index contributed by atoms with van der Waals surface area (Å²) in [6.45, 7) is 26.5. The fourth-order valence-electron chi connectivity index (χ4n) is 2.77. The third-order valence-electron chi connectivity index (χ3n) is 3.82. The van der Waals surface area contributed by atoms with Crippen LogP contribution in [-0.4, -0.2) is 20.6 Å². The molecule has 0 saturated carbocycles. The lowest BCUT2D eigenvalue weighted by molar-refractivity contribution is 0.424. The molecule has 0 aliphatic rings. The first-order valence-corrected chi connectivity index (χ1v) is 21.3. The van der Waals surface area contributed by atoms with Crippen LogP contribution < -0.4 is 5.30 Å². The minimum atomic E-state index is -2.27. The zero-order valence-electron chi connectivity index (χ0n) is 19.3. The molecule has 1 rings (SSSR count). The van der Waals surface area contributed by atoms with Crippen LogP contribution in [0.2, 0.25) is 39.3 Å². The average Bonchev–Trinajstić information content (AvgIpc) is 2.30. The van der Waals surface area contributed by atoms with Crippen LogP contribution in [0.15, 0.2) is 12.1 Å². The SMILES string of the molecule is CC(C)(C)c1cc(P(=S)(O[Si](C)(C)C)S[Si](C)(C)C)cc(C(C)(C)C)c1O. The van der Waals surface area contributed by atoms with Crippen molar-refractivity contribution in [2.45, 2.75) is 91.7 Å². The van der Waals surface area contributed by atoms with E-state index in [1.807, 2.05) is 10.8 Å². The molecular weight excluding hydrogens is 423 g/mol. The van der Waals surface area contributed by atoms with Gasteiger partial charge in [-0.3, -0.25) is 0 Å². The van der Waals surface area contributed by atoms with Crippen molar-refractivity contribution in [1.82, 2.24) is 0 Å². The predicted octanol–water partition coefficient (Wildman–Crippen LogP) is 7.34. The second-order valence-corrected chi connectivity index (χ2v) is 31.8. The van der Waals surface area contributed by atoms with Gasteiger partial charge in [-0.25, -0.2) is 0 Å². The average molecular weight is 463 g/mol. The molecule has 1 unspecified atom stereocenters. The first-order valence-electron chi connectivity index (χ1n) is 9.56. The van der Waals surface area contributed by atoms with E-state index in [-0.39, 0.29) is 10.8 Å². The number of hydrogen-bond acceptors (Lipinski definition) is 4. The summed E-state index contributed by atoms with van der Waals surface area (Å²) in [5, 5.41) is 12.2. The third-order valence-corrected chi connectivity index (χ3v) is 22.7. The molecule has 0 aromatic heterocycles. The van der Waals surface area contributed by atoms with Crippen LogP contribution in [0, 0.1) is 0 Å². The van der Waals surface area contributed by atoms with Gasteiger partial charge in [0.25, 0.3) is 0 Å². The topological polar surface area (TPSA) is 29.5 Å². The Labute approximate surface area is 178 Å². The van der Waals surface area contributed by atoms with E-state index >= 15 is 0 Å². The zero-order chi connectivity index (χ0) is 21.6. The maximum absolute atomic E-state index is 11.1. The lowest BCUT2D eigenvalue weighted by Crippen LogP contribution is -2.29.